The van der Waals surface area contributed by atoms with Crippen LogP contribution < -0.4 is 0 Å². The molecule has 0 amide bonds. The van der Waals surface area contributed by atoms with Crippen molar-refractivity contribution >= 4 is 15.5 Å². The Morgan fingerprint density at radius 1 is 1.16 bits per heavy atom. The molecule has 3 rings (SSSR count). The summed E-state index contributed by atoms with van der Waals surface area (Å²) >= 11 is 0. The van der Waals surface area contributed by atoms with Gasteiger partial charge in [0.2, 0.25) is 0 Å². The van der Waals surface area contributed by atoms with E-state index in [1.165, 1.54) is 12.1 Å². The van der Waals surface area contributed by atoms with E-state index < -0.39 is 43.6 Å². The van der Waals surface area contributed by atoms with Crippen LogP contribution in [0.2, 0.25) is 0 Å². The van der Waals surface area contributed by atoms with E-state index in [0.717, 1.165) is 18.2 Å². The number of rotatable bonds is 4. The lowest BCUT2D eigenvalue weighted by Crippen LogP contribution is -2.33. The second kappa shape index (κ2) is 8.24. The summed E-state index contributed by atoms with van der Waals surface area (Å²) in [6, 6.07) is 6.03. The van der Waals surface area contributed by atoms with Gasteiger partial charge < -0.3 is 5.11 Å². The van der Waals surface area contributed by atoms with Crippen molar-refractivity contribution in [3.63, 3.8) is 0 Å². The molecule has 2 aromatic rings. The van der Waals surface area contributed by atoms with Gasteiger partial charge in [0, 0.05) is 5.56 Å². The molecule has 31 heavy (non-hydrogen) atoms. The molecule has 1 aliphatic carbocycles. The lowest BCUT2D eigenvalue weighted by Gasteiger charge is -2.33. The highest BCUT2D eigenvalue weighted by molar-refractivity contribution is 7.91. The molecule has 166 valence electrons. The molecule has 1 aliphatic rings. The molecule has 0 saturated heterocycles. The SMILES string of the molecule is [C-]#[N+]c1ccc(-c2ccc(S(=O)(=O)CC3CCC(C)(O)CC3)c(C(F)(F)F)c2)c(F)c1. The van der Waals surface area contributed by atoms with Crippen LogP contribution in [-0.4, -0.2) is 24.9 Å². The number of hydrogen-bond acceptors (Lipinski definition) is 3. The molecule has 2 aromatic carbocycles. The van der Waals surface area contributed by atoms with E-state index in [-0.39, 0.29) is 22.7 Å². The zero-order chi connectivity index (χ0) is 23.0. The lowest BCUT2D eigenvalue weighted by atomic mass is 9.81. The van der Waals surface area contributed by atoms with Gasteiger partial charge in [0.25, 0.3) is 0 Å². The van der Waals surface area contributed by atoms with Crippen LogP contribution in [0.3, 0.4) is 0 Å². The maximum atomic E-state index is 14.3. The van der Waals surface area contributed by atoms with Crippen LogP contribution in [0.15, 0.2) is 41.3 Å². The van der Waals surface area contributed by atoms with Crippen molar-refractivity contribution in [1.82, 2.24) is 0 Å². The van der Waals surface area contributed by atoms with Crippen molar-refractivity contribution in [3.05, 3.63) is 59.2 Å². The Labute approximate surface area is 178 Å². The average molecular weight is 455 g/mol. The van der Waals surface area contributed by atoms with Crippen LogP contribution >= 0.6 is 0 Å². The van der Waals surface area contributed by atoms with Gasteiger partial charge in [-0.15, -0.1) is 0 Å². The van der Waals surface area contributed by atoms with Crippen LogP contribution in [-0.2, 0) is 16.0 Å². The minimum atomic E-state index is -4.96. The van der Waals surface area contributed by atoms with Crippen molar-refractivity contribution in [3.8, 4) is 11.1 Å². The van der Waals surface area contributed by atoms with E-state index in [4.69, 9.17) is 6.57 Å². The molecular weight excluding hydrogens is 434 g/mol. The topological polar surface area (TPSA) is 58.7 Å². The van der Waals surface area contributed by atoms with Gasteiger partial charge in [0.1, 0.15) is 5.82 Å². The summed E-state index contributed by atoms with van der Waals surface area (Å²) in [6.07, 6.45) is -3.37. The second-order valence-electron chi connectivity index (χ2n) is 8.21. The number of aliphatic hydroxyl groups is 1. The number of alkyl halides is 3. The normalized spacial score (nSPS) is 22.2. The molecule has 0 unspecified atom stereocenters. The van der Waals surface area contributed by atoms with Crippen molar-refractivity contribution in [1.29, 1.82) is 0 Å². The summed E-state index contributed by atoms with van der Waals surface area (Å²) in [5, 5.41) is 10.0. The Kier molecular flexibility index (Phi) is 6.18. The van der Waals surface area contributed by atoms with Crippen LogP contribution in [0.1, 0.15) is 38.2 Å². The van der Waals surface area contributed by atoms with Crippen molar-refractivity contribution < 1.29 is 31.1 Å². The zero-order valence-corrected chi connectivity index (χ0v) is 17.5. The Morgan fingerprint density at radius 2 is 1.81 bits per heavy atom. The summed E-state index contributed by atoms with van der Waals surface area (Å²) in [5.41, 5.74) is -2.51. The fourth-order valence-electron chi connectivity index (χ4n) is 3.86. The number of benzene rings is 2. The van der Waals surface area contributed by atoms with Gasteiger partial charge in [-0.1, -0.05) is 18.2 Å². The molecule has 1 saturated carbocycles. The molecule has 0 aliphatic heterocycles. The Balaban J connectivity index is 1.98. The van der Waals surface area contributed by atoms with Crippen molar-refractivity contribution in [2.45, 2.75) is 49.3 Å². The third-order valence-electron chi connectivity index (χ3n) is 5.65. The molecule has 0 spiro atoms. The molecule has 0 radical (unpaired) electrons. The van der Waals surface area contributed by atoms with Gasteiger partial charge in [-0.3, -0.25) is 0 Å². The van der Waals surface area contributed by atoms with E-state index in [0.29, 0.717) is 31.7 Å². The van der Waals surface area contributed by atoms with Gasteiger partial charge in [0.15, 0.2) is 15.5 Å². The van der Waals surface area contributed by atoms with E-state index in [1.54, 1.807) is 6.92 Å². The molecular formula is C22H21F4NO3S. The van der Waals surface area contributed by atoms with Crippen LogP contribution in [0.4, 0.5) is 23.2 Å². The average Bonchev–Trinajstić information content (AvgIpc) is 2.68. The van der Waals surface area contributed by atoms with E-state index in [2.05, 4.69) is 4.85 Å². The summed E-state index contributed by atoms with van der Waals surface area (Å²) < 4.78 is 81.2. The highest BCUT2D eigenvalue weighted by atomic mass is 32.2. The fraction of sp³-hybridized carbons (Fsp3) is 0.409. The van der Waals surface area contributed by atoms with Gasteiger partial charge in [-0.2, -0.15) is 13.2 Å². The zero-order valence-electron chi connectivity index (χ0n) is 16.7. The summed E-state index contributed by atoms with van der Waals surface area (Å²) in [7, 11) is -4.27. The van der Waals surface area contributed by atoms with Gasteiger partial charge >= 0.3 is 6.18 Å². The first-order valence-electron chi connectivity index (χ1n) is 9.66. The molecule has 1 N–H and O–H groups in total. The second-order valence-corrected chi connectivity index (χ2v) is 10.2. The number of hydrogen-bond donors (Lipinski definition) is 1. The third kappa shape index (κ3) is 5.25. The molecule has 0 bridgehead atoms. The molecule has 0 aromatic heterocycles. The van der Waals surface area contributed by atoms with E-state index >= 15 is 0 Å². The summed E-state index contributed by atoms with van der Waals surface area (Å²) in [5.74, 6) is -1.66. The first-order chi connectivity index (χ1) is 14.3. The van der Waals surface area contributed by atoms with Gasteiger partial charge in [-0.05, 0) is 62.3 Å². The molecule has 1 fully saturated rings. The Morgan fingerprint density at radius 3 is 2.35 bits per heavy atom. The number of halogens is 4. The highest BCUT2D eigenvalue weighted by Crippen LogP contribution is 2.40. The first kappa shape index (κ1) is 23.2. The Hall–Kier alpha value is -2.44. The van der Waals surface area contributed by atoms with Crippen LogP contribution in [0, 0.1) is 18.3 Å². The lowest BCUT2D eigenvalue weighted by molar-refractivity contribution is -0.139. The molecule has 0 atom stereocenters. The summed E-state index contributed by atoms with van der Waals surface area (Å²) in [4.78, 5) is 2.23. The monoisotopic (exact) mass is 455 g/mol. The van der Waals surface area contributed by atoms with Crippen molar-refractivity contribution in [2.75, 3.05) is 5.75 Å². The quantitative estimate of drug-likeness (QED) is 0.470. The Bertz CT molecular complexity index is 1120. The van der Waals surface area contributed by atoms with Crippen molar-refractivity contribution in [2.24, 2.45) is 5.92 Å². The number of sulfone groups is 1. The molecule has 9 heteroatoms. The minimum absolute atomic E-state index is 0.00273. The summed E-state index contributed by atoms with van der Waals surface area (Å²) in [6.45, 7) is 8.54. The van der Waals surface area contributed by atoms with Crippen LogP contribution in [0.5, 0.6) is 0 Å². The fourth-order valence-corrected chi connectivity index (χ4v) is 5.78. The molecule has 0 heterocycles. The minimum Gasteiger partial charge on any atom is -0.390 e. The first-order valence-corrected chi connectivity index (χ1v) is 11.3. The number of nitrogens with zero attached hydrogens (tertiary/aromatic N) is 1. The van der Waals surface area contributed by atoms with Crippen LogP contribution in [0.25, 0.3) is 16.0 Å². The van der Waals surface area contributed by atoms with E-state index in [9.17, 15) is 31.1 Å². The van der Waals surface area contributed by atoms with Gasteiger partial charge in [0.05, 0.1) is 28.4 Å². The van der Waals surface area contributed by atoms with E-state index in [1.807, 2.05) is 0 Å². The molecule has 4 nitrogen and oxygen atoms in total. The smallest absolute Gasteiger partial charge is 0.390 e. The van der Waals surface area contributed by atoms with Gasteiger partial charge in [-0.25, -0.2) is 17.7 Å². The largest absolute Gasteiger partial charge is 0.417 e. The maximum absolute atomic E-state index is 14.3. The third-order valence-corrected chi connectivity index (χ3v) is 7.59. The predicted molar refractivity (Wildman–Crippen MR) is 108 cm³/mol. The standard InChI is InChI=1S/C22H21F4NO3S/c1-21(28)9-7-14(8-10-21)13-31(29,30)20-6-3-15(11-18(20)22(24,25)26)17-5-4-16(27-2)12-19(17)23/h3-6,11-12,14,28H,7-10,13H2,1H3. The highest BCUT2D eigenvalue weighted by Gasteiger charge is 2.39. The predicted octanol–water partition coefficient (Wildman–Crippen LogP) is 5.78. The maximum Gasteiger partial charge on any atom is 0.417 e.